The highest BCUT2D eigenvalue weighted by atomic mass is 32.2. The van der Waals surface area contributed by atoms with Gasteiger partial charge in [0.1, 0.15) is 17.8 Å². The van der Waals surface area contributed by atoms with Gasteiger partial charge in [-0.15, -0.1) is 11.8 Å². The molecule has 11 nitrogen and oxygen atoms in total. The molecule has 3 unspecified atom stereocenters. The fourth-order valence-corrected chi connectivity index (χ4v) is 4.96. The number of likely N-dealkylation sites (tertiary alicyclic amines) is 1. The van der Waals surface area contributed by atoms with Crippen molar-refractivity contribution < 1.29 is 28.3 Å². The number of nitrogens with two attached hydrogens (primary N) is 1. The van der Waals surface area contributed by atoms with E-state index in [1.807, 2.05) is 24.5 Å². The summed E-state index contributed by atoms with van der Waals surface area (Å²) in [5.41, 5.74) is 6.98. The summed E-state index contributed by atoms with van der Waals surface area (Å²) in [5.74, 6) is -1.07. The molecule has 0 spiro atoms. The van der Waals surface area contributed by atoms with Crippen molar-refractivity contribution in [2.75, 3.05) is 25.2 Å². The SMILES string of the molecule is COc1ccc(CC(NC(=O)C2CC(NC(=O)Nc3cccc(SC)c3)CN2C(=O)c2ccco2)C(N)=O)cc1. The van der Waals surface area contributed by atoms with Crippen LogP contribution in [0.1, 0.15) is 22.5 Å². The van der Waals surface area contributed by atoms with Crippen molar-refractivity contribution in [3.8, 4) is 5.75 Å². The molecular formula is C28H31N5O6S. The highest BCUT2D eigenvalue weighted by Crippen LogP contribution is 2.23. The summed E-state index contributed by atoms with van der Waals surface area (Å²) < 4.78 is 10.4. The van der Waals surface area contributed by atoms with Gasteiger partial charge in [0.25, 0.3) is 5.91 Å². The highest BCUT2D eigenvalue weighted by Gasteiger charge is 2.42. The van der Waals surface area contributed by atoms with E-state index in [0.717, 1.165) is 10.5 Å². The molecule has 1 aromatic heterocycles. The number of ether oxygens (including phenoxy) is 1. The molecule has 4 rings (SSSR count). The molecule has 12 heteroatoms. The number of benzene rings is 2. The number of nitrogens with one attached hydrogen (secondary N) is 3. The van der Waals surface area contributed by atoms with E-state index in [9.17, 15) is 19.2 Å². The van der Waals surface area contributed by atoms with Gasteiger partial charge < -0.3 is 35.7 Å². The van der Waals surface area contributed by atoms with Gasteiger partial charge in [0.2, 0.25) is 11.8 Å². The molecule has 1 fully saturated rings. The van der Waals surface area contributed by atoms with Gasteiger partial charge in [0.05, 0.1) is 19.4 Å². The molecule has 2 aromatic carbocycles. The lowest BCUT2D eigenvalue weighted by atomic mass is 10.0. The molecule has 0 bridgehead atoms. The zero-order valence-electron chi connectivity index (χ0n) is 22.1. The van der Waals surface area contributed by atoms with E-state index in [2.05, 4.69) is 16.0 Å². The summed E-state index contributed by atoms with van der Waals surface area (Å²) in [6.07, 6.45) is 3.59. The Morgan fingerprint density at radius 2 is 1.90 bits per heavy atom. The van der Waals surface area contributed by atoms with Gasteiger partial charge in [-0.2, -0.15) is 0 Å². The normalized spacial score (nSPS) is 17.1. The van der Waals surface area contributed by atoms with Crippen LogP contribution in [0.2, 0.25) is 0 Å². The standard InChI is InChI=1S/C28H31N5O6S/c1-38-20-10-8-17(9-11-20)13-22(25(29)34)32-26(35)23-15-19(16-33(23)27(36)24-7-4-12-39-24)31-28(37)30-18-5-3-6-21(14-18)40-2/h3-12,14,19,22-23H,13,15-16H2,1-2H3,(H2,29,34)(H,32,35)(H2,30,31,37). The number of carbonyl (C=O) groups excluding carboxylic acids is 4. The van der Waals surface area contributed by atoms with E-state index in [1.165, 1.54) is 17.2 Å². The first-order valence-corrected chi connectivity index (χ1v) is 13.8. The zero-order chi connectivity index (χ0) is 28.6. The van der Waals surface area contributed by atoms with Crippen LogP contribution >= 0.6 is 11.8 Å². The quantitative estimate of drug-likeness (QED) is 0.275. The van der Waals surface area contributed by atoms with Crippen LogP contribution in [0.3, 0.4) is 0 Å². The van der Waals surface area contributed by atoms with Gasteiger partial charge in [-0.3, -0.25) is 14.4 Å². The van der Waals surface area contributed by atoms with E-state index >= 15 is 0 Å². The van der Waals surface area contributed by atoms with E-state index in [4.69, 9.17) is 14.9 Å². The van der Waals surface area contributed by atoms with Gasteiger partial charge in [0.15, 0.2) is 5.76 Å². The van der Waals surface area contributed by atoms with Crippen LogP contribution in [0, 0.1) is 0 Å². The predicted octanol–water partition coefficient (Wildman–Crippen LogP) is 2.63. The monoisotopic (exact) mass is 565 g/mol. The Bertz CT molecular complexity index is 1350. The lowest BCUT2D eigenvalue weighted by Crippen LogP contribution is -2.53. The van der Waals surface area contributed by atoms with Crippen molar-refractivity contribution in [1.29, 1.82) is 0 Å². The number of rotatable bonds is 10. The van der Waals surface area contributed by atoms with Crippen molar-refractivity contribution in [2.24, 2.45) is 5.73 Å². The molecule has 1 saturated heterocycles. The van der Waals surface area contributed by atoms with Gasteiger partial charge in [-0.25, -0.2) is 4.79 Å². The van der Waals surface area contributed by atoms with Crippen molar-refractivity contribution >= 4 is 41.2 Å². The van der Waals surface area contributed by atoms with Crippen LogP contribution in [-0.4, -0.2) is 66.7 Å². The number of urea groups is 1. The van der Waals surface area contributed by atoms with Gasteiger partial charge >= 0.3 is 6.03 Å². The summed E-state index contributed by atoms with van der Waals surface area (Å²) in [6.45, 7) is 0.0651. The lowest BCUT2D eigenvalue weighted by Gasteiger charge is -2.25. The summed E-state index contributed by atoms with van der Waals surface area (Å²) in [4.78, 5) is 53.9. The molecule has 40 heavy (non-hydrogen) atoms. The third-order valence-electron chi connectivity index (χ3n) is 6.52. The summed E-state index contributed by atoms with van der Waals surface area (Å²) >= 11 is 1.55. The smallest absolute Gasteiger partial charge is 0.319 e. The van der Waals surface area contributed by atoms with E-state index in [0.29, 0.717) is 11.4 Å². The Hall–Kier alpha value is -4.45. The van der Waals surface area contributed by atoms with Crippen LogP contribution in [-0.2, 0) is 16.0 Å². The Balaban J connectivity index is 1.46. The molecule has 3 aromatic rings. The molecule has 3 atom stereocenters. The van der Waals surface area contributed by atoms with E-state index < -0.39 is 41.9 Å². The Kier molecular flexibility index (Phi) is 9.33. The topological polar surface area (TPSA) is 156 Å². The minimum absolute atomic E-state index is 0.0569. The molecule has 5 N–H and O–H groups in total. The summed E-state index contributed by atoms with van der Waals surface area (Å²) in [5, 5.41) is 8.32. The molecule has 0 aliphatic carbocycles. The maximum atomic E-state index is 13.4. The molecule has 1 aliphatic heterocycles. The zero-order valence-corrected chi connectivity index (χ0v) is 22.9. The van der Waals surface area contributed by atoms with Crippen molar-refractivity contribution in [2.45, 2.75) is 35.9 Å². The lowest BCUT2D eigenvalue weighted by molar-refractivity contribution is -0.129. The third kappa shape index (κ3) is 7.14. The number of anilines is 1. The summed E-state index contributed by atoms with van der Waals surface area (Å²) in [6, 6.07) is 14.5. The van der Waals surface area contributed by atoms with Gasteiger partial charge in [-0.1, -0.05) is 18.2 Å². The van der Waals surface area contributed by atoms with Crippen LogP contribution in [0.15, 0.2) is 76.2 Å². The molecule has 2 heterocycles. The number of amides is 5. The first-order valence-electron chi connectivity index (χ1n) is 12.6. The van der Waals surface area contributed by atoms with Crippen LogP contribution in [0.4, 0.5) is 10.5 Å². The molecule has 5 amide bonds. The average molecular weight is 566 g/mol. The van der Waals surface area contributed by atoms with Gasteiger partial charge in [-0.05, 0) is 60.7 Å². The number of hydrogen-bond donors (Lipinski definition) is 4. The Labute approximate surface area is 235 Å². The van der Waals surface area contributed by atoms with Crippen LogP contribution in [0.5, 0.6) is 5.75 Å². The molecule has 1 aliphatic rings. The van der Waals surface area contributed by atoms with Crippen molar-refractivity contribution in [1.82, 2.24) is 15.5 Å². The Morgan fingerprint density at radius 3 is 2.55 bits per heavy atom. The number of methoxy groups -OCH3 is 1. The number of primary amides is 1. The largest absolute Gasteiger partial charge is 0.497 e. The maximum absolute atomic E-state index is 13.4. The second-order valence-electron chi connectivity index (χ2n) is 9.23. The fourth-order valence-electron chi connectivity index (χ4n) is 4.50. The fraction of sp³-hybridized carbons (Fsp3) is 0.286. The molecule has 0 radical (unpaired) electrons. The average Bonchev–Trinajstić information content (AvgIpc) is 3.63. The summed E-state index contributed by atoms with van der Waals surface area (Å²) in [7, 11) is 1.55. The van der Waals surface area contributed by atoms with Crippen molar-refractivity contribution in [3.05, 3.63) is 78.3 Å². The first-order chi connectivity index (χ1) is 19.3. The molecular weight excluding hydrogens is 534 g/mol. The third-order valence-corrected chi connectivity index (χ3v) is 7.24. The number of furan rings is 1. The minimum Gasteiger partial charge on any atom is -0.497 e. The second kappa shape index (κ2) is 13.1. The number of hydrogen-bond acceptors (Lipinski definition) is 7. The number of thioether (sulfide) groups is 1. The van der Waals surface area contributed by atoms with E-state index in [-0.39, 0.29) is 25.1 Å². The minimum atomic E-state index is -1.01. The second-order valence-corrected chi connectivity index (χ2v) is 10.1. The number of nitrogens with zero attached hydrogens (tertiary/aromatic N) is 1. The number of carbonyl (C=O) groups is 4. The van der Waals surface area contributed by atoms with Crippen molar-refractivity contribution in [3.63, 3.8) is 0 Å². The molecule has 0 saturated carbocycles. The predicted molar refractivity (Wildman–Crippen MR) is 150 cm³/mol. The maximum Gasteiger partial charge on any atom is 0.319 e. The molecule has 210 valence electrons. The Morgan fingerprint density at radius 1 is 1.12 bits per heavy atom. The van der Waals surface area contributed by atoms with Crippen LogP contribution < -0.4 is 26.4 Å². The first kappa shape index (κ1) is 28.6. The van der Waals surface area contributed by atoms with Crippen LogP contribution in [0.25, 0.3) is 0 Å². The van der Waals surface area contributed by atoms with E-state index in [1.54, 1.807) is 55.3 Å². The highest BCUT2D eigenvalue weighted by molar-refractivity contribution is 7.98. The van der Waals surface area contributed by atoms with Gasteiger partial charge in [0, 0.05) is 23.5 Å².